The maximum absolute atomic E-state index is 13.1. The SMILES string of the molecule is CCCCCCCCCCCCCCCCC(=O)OC[C@H](COP(=O)(O)OC[C@@H](O)COP(=O)(O)OC[C@@H](COC(=O)CCCCCCCCC)OC(=O)CCCCCCCCCCCCCC)OC(=O)CCCCCCCCCCCCCCCCCCCCC(C)CC. The molecule has 0 aromatic rings. The summed E-state index contributed by atoms with van der Waals surface area (Å²) in [6.07, 6.45) is 58.3. The van der Waals surface area contributed by atoms with E-state index in [1.165, 1.54) is 212 Å². The standard InChI is InChI=1S/C76H148O17P2/c1-6-10-13-16-19-21-23-25-33-37-40-45-50-55-60-74(79)87-66-72(93-76(81)62-57-52-47-42-38-34-31-29-27-26-28-30-32-35-39-44-48-53-58-69(5)9-4)68-91-95(84,85)89-64-70(77)63-88-94(82,83)90-67-71(65-86-73(78)59-54-49-43-18-15-12-8-3)92-75(80)61-56-51-46-41-36-24-22-20-17-14-11-7-2/h69-72,77H,6-68H2,1-5H3,(H,82,83)(H,84,85)/t69?,70-,71+,72+/m0/s1. The van der Waals surface area contributed by atoms with E-state index in [1.54, 1.807) is 0 Å². The third-order valence-corrected chi connectivity index (χ3v) is 20.0. The van der Waals surface area contributed by atoms with Crippen LogP contribution in [-0.4, -0.2) is 96.7 Å². The molecule has 6 atom stereocenters. The zero-order chi connectivity index (χ0) is 69.8. The van der Waals surface area contributed by atoms with Gasteiger partial charge in [0.25, 0.3) is 0 Å². The second-order valence-corrected chi connectivity index (χ2v) is 30.5. The molecule has 17 nitrogen and oxygen atoms in total. The number of carbonyl (C=O) groups is 4. The van der Waals surface area contributed by atoms with Crippen molar-refractivity contribution in [2.75, 3.05) is 39.6 Å². The van der Waals surface area contributed by atoms with Crippen molar-refractivity contribution in [2.45, 2.75) is 419 Å². The molecule has 3 N–H and O–H groups in total. The highest BCUT2D eigenvalue weighted by Gasteiger charge is 2.30. The molecule has 564 valence electrons. The summed E-state index contributed by atoms with van der Waals surface area (Å²) in [4.78, 5) is 72.6. The van der Waals surface area contributed by atoms with E-state index in [0.717, 1.165) is 109 Å². The Labute approximate surface area is 581 Å². The Balaban J connectivity index is 5.15. The highest BCUT2D eigenvalue weighted by atomic mass is 31.2. The molecule has 0 heterocycles. The van der Waals surface area contributed by atoms with Crippen molar-refractivity contribution in [1.82, 2.24) is 0 Å². The normalized spacial score (nSPS) is 14.2. The molecule has 0 rings (SSSR count). The van der Waals surface area contributed by atoms with Gasteiger partial charge < -0.3 is 33.8 Å². The fourth-order valence-electron chi connectivity index (χ4n) is 11.7. The molecule has 0 amide bonds. The molecule has 0 aromatic carbocycles. The number of hydrogen-bond donors (Lipinski definition) is 3. The zero-order valence-corrected chi connectivity index (χ0v) is 63.6. The number of phosphoric acid groups is 2. The Kier molecular flexibility index (Phi) is 67.7. The van der Waals surface area contributed by atoms with Crippen LogP contribution in [0.5, 0.6) is 0 Å². The van der Waals surface area contributed by atoms with Gasteiger partial charge in [-0.15, -0.1) is 0 Å². The molecule has 0 fully saturated rings. The molecule has 0 spiro atoms. The summed E-state index contributed by atoms with van der Waals surface area (Å²) in [5.41, 5.74) is 0. The Morgan fingerprint density at radius 2 is 0.505 bits per heavy atom. The fraction of sp³-hybridized carbons (Fsp3) is 0.947. The molecule has 0 saturated carbocycles. The summed E-state index contributed by atoms with van der Waals surface area (Å²) >= 11 is 0. The minimum Gasteiger partial charge on any atom is -0.462 e. The highest BCUT2D eigenvalue weighted by molar-refractivity contribution is 7.47. The first-order chi connectivity index (χ1) is 46.1. The molecule has 3 unspecified atom stereocenters. The summed E-state index contributed by atoms with van der Waals surface area (Å²) in [6, 6.07) is 0. The fourth-order valence-corrected chi connectivity index (χ4v) is 13.3. The van der Waals surface area contributed by atoms with Gasteiger partial charge in [0, 0.05) is 25.7 Å². The first-order valence-corrected chi connectivity index (χ1v) is 42.7. The van der Waals surface area contributed by atoms with Crippen molar-refractivity contribution in [1.29, 1.82) is 0 Å². The number of carbonyl (C=O) groups excluding carboxylic acids is 4. The second kappa shape index (κ2) is 69.2. The topological polar surface area (TPSA) is 237 Å². The Morgan fingerprint density at radius 1 is 0.295 bits per heavy atom. The largest absolute Gasteiger partial charge is 0.472 e. The number of ether oxygens (including phenoxy) is 4. The van der Waals surface area contributed by atoms with Crippen LogP contribution in [0.4, 0.5) is 0 Å². The third-order valence-electron chi connectivity index (χ3n) is 18.1. The van der Waals surface area contributed by atoms with Crippen LogP contribution in [-0.2, 0) is 65.4 Å². The Bertz CT molecular complexity index is 1820. The number of phosphoric ester groups is 2. The molecule has 0 saturated heterocycles. The van der Waals surface area contributed by atoms with Crippen LogP contribution >= 0.6 is 15.6 Å². The molecule has 0 aliphatic rings. The average molecular weight is 1400 g/mol. The summed E-state index contributed by atoms with van der Waals surface area (Å²) < 4.78 is 68.4. The Morgan fingerprint density at radius 3 is 0.747 bits per heavy atom. The van der Waals surface area contributed by atoms with Crippen LogP contribution in [0.25, 0.3) is 0 Å². The molecule has 0 aliphatic heterocycles. The number of aliphatic hydroxyl groups excluding tert-OH is 1. The van der Waals surface area contributed by atoms with Gasteiger partial charge in [-0.05, 0) is 31.6 Å². The van der Waals surface area contributed by atoms with E-state index in [-0.39, 0.29) is 25.7 Å². The first-order valence-electron chi connectivity index (χ1n) is 39.7. The van der Waals surface area contributed by atoms with Gasteiger partial charge in [-0.2, -0.15) is 0 Å². The highest BCUT2D eigenvalue weighted by Crippen LogP contribution is 2.45. The average Bonchev–Trinajstić information content (AvgIpc) is 2.49. The quantitative estimate of drug-likeness (QED) is 0.0222. The van der Waals surface area contributed by atoms with Gasteiger partial charge in [-0.3, -0.25) is 37.3 Å². The molecule has 0 radical (unpaired) electrons. The predicted octanol–water partition coefficient (Wildman–Crippen LogP) is 22.5. The molecular formula is C76H148O17P2. The number of hydrogen-bond acceptors (Lipinski definition) is 15. The number of aliphatic hydroxyl groups is 1. The zero-order valence-electron chi connectivity index (χ0n) is 61.8. The number of rotatable bonds is 76. The van der Waals surface area contributed by atoms with Crippen molar-refractivity contribution in [3.05, 3.63) is 0 Å². The lowest BCUT2D eigenvalue weighted by Crippen LogP contribution is -2.30. The van der Waals surface area contributed by atoms with Crippen LogP contribution in [0, 0.1) is 5.92 Å². The van der Waals surface area contributed by atoms with Crippen LogP contribution in [0.3, 0.4) is 0 Å². The van der Waals surface area contributed by atoms with Crippen molar-refractivity contribution in [3.8, 4) is 0 Å². The van der Waals surface area contributed by atoms with E-state index in [1.807, 2.05) is 0 Å². The van der Waals surface area contributed by atoms with Gasteiger partial charge in [0.1, 0.15) is 19.3 Å². The van der Waals surface area contributed by atoms with Crippen LogP contribution < -0.4 is 0 Å². The van der Waals surface area contributed by atoms with Crippen molar-refractivity contribution in [2.24, 2.45) is 5.92 Å². The van der Waals surface area contributed by atoms with Crippen molar-refractivity contribution >= 4 is 39.5 Å². The van der Waals surface area contributed by atoms with Crippen LogP contribution in [0.15, 0.2) is 0 Å². The molecule has 0 aromatic heterocycles. The lowest BCUT2D eigenvalue weighted by molar-refractivity contribution is -0.161. The van der Waals surface area contributed by atoms with Gasteiger partial charge >= 0.3 is 39.5 Å². The third kappa shape index (κ3) is 69.0. The summed E-state index contributed by atoms with van der Waals surface area (Å²) in [7, 11) is -9.90. The van der Waals surface area contributed by atoms with Gasteiger partial charge in [-0.25, -0.2) is 9.13 Å². The number of esters is 4. The van der Waals surface area contributed by atoms with Crippen LogP contribution in [0.2, 0.25) is 0 Å². The lowest BCUT2D eigenvalue weighted by Gasteiger charge is -2.21. The van der Waals surface area contributed by atoms with Crippen molar-refractivity contribution < 1.29 is 80.2 Å². The smallest absolute Gasteiger partial charge is 0.462 e. The Hall–Kier alpha value is -1.94. The first kappa shape index (κ1) is 93.1. The van der Waals surface area contributed by atoms with E-state index in [9.17, 15) is 43.2 Å². The van der Waals surface area contributed by atoms with Gasteiger partial charge in [-0.1, -0.05) is 349 Å². The van der Waals surface area contributed by atoms with Gasteiger partial charge in [0.2, 0.25) is 0 Å². The van der Waals surface area contributed by atoms with E-state index in [2.05, 4.69) is 34.6 Å². The number of unbranched alkanes of at least 4 members (excludes halogenated alkanes) is 47. The minimum atomic E-state index is -4.96. The van der Waals surface area contributed by atoms with E-state index < -0.39 is 97.5 Å². The summed E-state index contributed by atoms with van der Waals surface area (Å²) in [5.74, 6) is -1.25. The molecule has 0 aliphatic carbocycles. The minimum absolute atomic E-state index is 0.107. The van der Waals surface area contributed by atoms with E-state index >= 15 is 0 Å². The summed E-state index contributed by atoms with van der Waals surface area (Å²) in [6.45, 7) is 7.32. The molecule has 95 heavy (non-hydrogen) atoms. The summed E-state index contributed by atoms with van der Waals surface area (Å²) in [5, 5.41) is 10.6. The molecule has 19 heteroatoms. The monoisotopic (exact) mass is 1400 g/mol. The van der Waals surface area contributed by atoms with Gasteiger partial charge in [0.05, 0.1) is 26.4 Å². The van der Waals surface area contributed by atoms with E-state index in [0.29, 0.717) is 25.7 Å². The maximum Gasteiger partial charge on any atom is 0.472 e. The predicted molar refractivity (Wildman–Crippen MR) is 386 cm³/mol. The maximum atomic E-state index is 13.1. The molecular weight excluding hydrogens is 1250 g/mol. The van der Waals surface area contributed by atoms with E-state index in [4.69, 9.17) is 37.0 Å². The van der Waals surface area contributed by atoms with Gasteiger partial charge in [0.15, 0.2) is 12.2 Å². The lowest BCUT2D eigenvalue weighted by atomic mass is 9.99. The van der Waals surface area contributed by atoms with Crippen molar-refractivity contribution in [3.63, 3.8) is 0 Å². The van der Waals surface area contributed by atoms with Crippen LogP contribution in [0.1, 0.15) is 401 Å². The second-order valence-electron chi connectivity index (χ2n) is 27.6. The molecule has 0 bridgehead atoms.